The number of carbonyl (C=O) groups excluding carboxylic acids is 2. The van der Waals surface area contributed by atoms with E-state index < -0.39 is 30.2 Å². The highest BCUT2D eigenvalue weighted by Gasteiger charge is 2.70. The fourth-order valence-electron chi connectivity index (χ4n) is 6.02. The minimum absolute atomic E-state index is 0.0374. The quantitative estimate of drug-likeness (QED) is 0.305. The number of piperidine rings is 1. The normalized spacial score (nSPS) is 21.5. The van der Waals surface area contributed by atoms with Crippen molar-refractivity contribution in [1.29, 1.82) is 0 Å². The fraction of sp³-hybridized carbons (Fsp3) is 0.480. The van der Waals surface area contributed by atoms with Crippen molar-refractivity contribution in [3.8, 4) is 11.1 Å². The molecule has 3 aromatic rings. The van der Waals surface area contributed by atoms with Crippen LogP contribution in [0.2, 0.25) is 0 Å². The lowest BCUT2D eigenvalue weighted by Gasteiger charge is -2.39. The van der Waals surface area contributed by atoms with E-state index in [1.807, 2.05) is 0 Å². The number of pyridine rings is 1. The highest BCUT2D eigenvalue weighted by atomic mass is 19.4. The molecule has 41 heavy (non-hydrogen) atoms. The summed E-state index contributed by atoms with van der Waals surface area (Å²) in [6.07, 6.45) is -7.32. The number of nitrogens with zero attached hydrogens (tertiary/aromatic N) is 5. The lowest BCUT2D eigenvalue weighted by atomic mass is 9.85. The van der Waals surface area contributed by atoms with E-state index in [0.717, 1.165) is 12.3 Å². The summed E-state index contributed by atoms with van der Waals surface area (Å²) in [6.45, 7) is 0.700. The Morgan fingerprint density at radius 1 is 1.05 bits per heavy atom. The maximum absolute atomic E-state index is 13.4. The number of nitrogens with two attached hydrogens (primary N) is 2. The first kappa shape index (κ1) is 28.7. The summed E-state index contributed by atoms with van der Waals surface area (Å²) in [5.41, 5.74) is 5.95. The van der Waals surface area contributed by atoms with E-state index in [1.54, 1.807) is 4.90 Å². The average Bonchev–Trinajstić information content (AvgIpc) is 3.44. The number of nitrogen functional groups attached to an aromatic ring is 1. The van der Waals surface area contributed by atoms with Crippen LogP contribution < -0.4 is 11.5 Å². The number of amides is 1. The van der Waals surface area contributed by atoms with Crippen molar-refractivity contribution in [3.05, 3.63) is 41.5 Å². The zero-order chi connectivity index (χ0) is 30.1. The molecule has 5 rings (SSSR count). The van der Waals surface area contributed by atoms with E-state index in [1.165, 1.54) is 17.6 Å². The zero-order valence-corrected chi connectivity index (χ0v) is 21.5. The Morgan fingerprint density at radius 2 is 1.66 bits per heavy atom. The minimum atomic E-state index is -5.87. The van der Waals surface area contributed by atoms with Crippen LogP contribution >= 0.6 is 0 Å². The molecule has 2 aliphatic rings. The molecule has 0 unspecified atom stereocenters. The molecule has 3 aromatic heterocycles. The van der Waals surface area contributed by atoms with Gasteiger partial charge in [0.1, 0.15) is 12.4 Å². The molecule has 0 radical (unpaired) electrons. The molecule has 3 atom stereocenters. The molecule has 5 N–H and O–H groups in total. The smallest absolute Gasteiger partial charge is 0.387 e. The fourth-order valence-corrected chi connectivity index (χ4v) is 6.02. The summed E-state index contributed by atoms with van der Waals surface area (Å²) >= 11 is 0. The molecular weight excluding hydrogens is 560 g/mol. The molecule has 2 aliphatic heterocycles. The largest absolute Gasteiger partial charge is 0.421 e. The average molecular weight is 586 g/mol. The van der Waals surface area contributed by atoms with Gasteiger partial charge in [0.15, 0.2) is 11.4 Å². The second-order valence-corrected chi connectivity index (χ2v) is 10.4. The Bertz CT molecular complexity index is 1490. The van der Waals surface area contributed by atoms with Crippen molar-refractivity contribution in [1.82, 2.24) is 24.5 Å². The first-order valence-electron chi connectivity index (χ1n) is 12.6. The van der Waals surface area contributed by atoms with Gasteiger partial charge in [-0.2, -0.15) is 36.0 Å². The number of aliphatic hydroxyl groups is 1. The SMILES string of the molecule is CC(=O)c1c([C@H]2C[C@H]3CC[C@@H](C2)N3C(=O)CO)nc2c(-c3ccc(C(N)(C(F)(F)F)C(F)(F)F)nc3)cnn2c1N. The van der Waals surface area contributed by atoms with Gasteiger partial charge in [0.05, 0.1) is 23.1 Å². The van der Waals surface area contributed by atoms with Crippen molar-refractivity contribution < 1.29 is 41.0 Å². The Kier molecular flexibility index (Phi) is 6.76. The molecule has 1 amide bonds. The summed E-state index contributed by atoms with van der Waals surface area (Å²) in [5.74, 6) is -1.09. The van der Waals surface area contributed by atoms with Gasteiger partial charge in [-0.25, -0.2) is 4.98 Å². The van der Waals surface area contributed by atoms with Gasteiger partial charge < -0.3 is 21.5 Å². The molecule has 0 saturated carbocycles. The van der Waals surface area contributed by atoms with Crippen molar-refractivity contribution in [2.45, 2.75) is 68.5 Å². The number of rotatable bonds is 5. The van der Waals surface area contributed by atoms with Crippen molar-refractivity contribution in [3.63, 3.8) is 0 Å². The molecular formula is C25H25F6N7O3. The van der Waals surface area contributed by atoms with Crippen LogP contribution in [-0.2, 0) is 10.3 Å². The van der Waals surface area contributed by atoms with Gasteiger partial charge in [-0.1, -0.05) is 6.07 Å². The number of ketones is 1. The van der Waals surface area contributed by atoms with Crippen LogP contribution in [0.3, 0.4) is 0 Å². The van der Waals surface area contributed by atoms with Gasteiger partial charge in [-0.3, -0.25) is 14.6 Å². The molecule has 0 aliphatic carbocycles. The summed E-state index contributed by atoms with van der Waals surface area (Å²) in [7, 11) is 0. The second kappa shape index (κ2) is 9.65. The minimum Gasteiger partial charge on any atom is -0.387 e. The Hall–Kier alpha value is -3.79. The monoisotopic (exact) mass is 585 g/mol. The van der Waals surface area contributed by atoms with E-state index in [4.69, 9.17) is 11.5 Å². The molecule has 5 heterocycles. The van der Waals surface area contributed by atoms with Crippen LogP contribution in [0.25, 0.3) is 16.8 Å². The Labute approximate surface area is 228 Å². The predicted octanol–water partition coefficient (Wildman–Crippen LogP) is 3.08. The maximum Gasteiger partial charge on any atom is 0.421 e. The summed E-state index contributed by atoms with van der Waals surface area (Å²) in [5, 5.41) is 13.5. The number of fused-ring (bicyclic) bond motifs is 3. The molecule has 2 fully saturated rings. The van der Waals surface area contributed by atoms with Gasteiger partial charge in [-0.05, 0) is 38.7 Å². The van der Waals surface area contributed by atoms with Crippen LogP contribution in [0.5, 0.6) is 0 Å². The molecule has 0 spiro atoms. The molecule has 220 valence electrons. The van der Waals surface area contributed by atoms with Gasteiger partial charge in [0.25, 0.3) is 5.54 Å². The number of aliphatic hydroxyl groups excluding tert-OH is 1. The third-order valence-corrected chi connectivity index (χ3v) is 7.98. The van der Waals surface area contributed by atoms with Crippen LogP contribution in [0.15, 0.2) is 24.5 Å². The van der Waals surface area contributed by atoms with Gasteiger partial charge in [-0.15, -0.1) is 0 Å². The van der Waals surface area contributed by atoms with Crippen molar-refractivity contribution in [2.75, 3.05) is 12.3 Å². The van der Waals surface area contributed by atoms with Crippen LogP contribution in [0.1, 0.15) is 60.3 Å². The van der Waals surface area contributed by atoms with E-state index >= 15 is 0 Å². The molecule has 16 heteroatoms. The van der Waals surface area contributed by atoms with E-state index in [2.05, 4.69) is 15.1 Å². The molecule has 2 saturated heterocycles. The molecule has 2 bridgehead atoms. The van der Waals surface area contributed by atoms with E-state index in [-0.39, 0.29) is 57.8 Å². The van der Waals surface area contributed by atoms with Gasteiger partial charge >= 0.3 is 12.4 Å². The Balaban J connectivity index is 1.58. The topological polar surface area (TPSA) is 153 Å². The highest BCUT2D eigenvalue weighted by molar-refractivity contribution is 6.00. The number of Topliss-reactive ketones (excluding diaryl/α,β-unsaturated/α-hetero) is 1. The summed E-state index contributed by atoms with van der Waals surface area (Å²) in [6, 6.07) is 1.20. The molecule has 0 aromatic carbocycles. The lowest BCUT2D eigenvalue weighted by molar-refractivity contribution is -0.303. The number of halogens is 6. The zero-order valence-electron chi connectivity index (χ0n) is 21.5. The van der Waals surface area contributed by atoms with Crippen molar-refractivity contribution in [2.24, 2.45) is 5.73 Å². The number of aromatic nitrogens is 4. The molecule has 10 nitrogen and oxygen atoms in total. The number of anilines is 1. The van der Waals surface area contributed by atoms with Gasteiger partial charge in [0.2, 0.25) is 5.91 Å². The number of carbonyl (C=O) groups is 2. The third kappa shape index (κ3) is 4.39. The third-order valence-electron chi connectivity index (χ3n) is 7.98. The highest BCUT2D eigenvalue weighted by Crippen LogP contribution is 2.48. The predicted molar refractivity (Wildman–Crippen MR) is 131 cm³/mol. The Morgan fingerprint density at radius 3 is 2.15 bits per heavy atom. The van der Waals surface area contributed by atoms with E-state index in [9.17, 15) is 41.0 Å². The number of hydrogen-bond donors (Lipinski definition) is 3. The lowest BCUT2D eigenvalue weighted by Crippen LogP contribution is -2.61. The van der Waals surface area contributed by atoms with E-state index in [0.29, 0.717) is 37.4 Å². The van der Waals surface area contributed by atoms with Crippen LogP contribution in [-0.4, -0.2) is 72.3 Å². The summed E-state index contributed by atoms with van der Waals surface area (Å²) in [4.78, 5) is 34.7. The number of alkyl halides is 6. The van der Waals surface area contributed by atoms with Crippen molar-refractivity contribution >= 4 is 23.2 Å². The number of hydrogen-bond acceptors (Lipinski definition) is 8. The standard InChI is InChI=1S/C25H25F6N7O3/c1-11(40)19-20(13-6-14-3-4-15(7-13)37(14)18(41)10-39)36-22-16(9-35-38(22)21(19)32)12-2-5-17(34-8-12)23(33,24(26,27)28)25(29,30)31/h2,5,8-9,13-15,39H,3-4,6-7,10,32-33H2,1H3/t13-,14+,15-. The first-order valence-corrected chi connectivity index (χ1v) is 12.6. The van der Waals surface area contributed by atoms with Crippen LogP contribution in [0.4, 0.5) is 32.2 Å². The second-order valence-electron chi connectivity index (χ2n) is 10.4. The maximum atomic E-state index is 13.4. The van der Waals surface area contributed by atoms with Gasteiger partial charge in [0, 0.05) is 35.3 Å². The first-order chi connectivity index (χ1) is 19.1. The van der Waals surface area contributed by atoms with Crippen LogP contribution in [0, 0.1) is 0 Å². The summed E-state index contributed by atoms with van der Waals surface area (Å²) < 4.78 is 81.6.